The molecule has 0 atom stereocenters. The number of hydrogen-bond donors (Lipinski definition) is 1. The van der Waals surface area contributed by atoms with E-state index in [0.29, 0.717) is 17.8 Å². The molecule has 0 unspecified atom stereocenters. The first-order chi connectivity index (χ1) is 11.7. The molecule has 6 heteroatoms. The van der Waals surface area contributed by atoms with E-state index in [-0.39, 0.29) is 5.82 Å². The third-order valence-electron chi connectivity index (χ3n) is 3.79. The van der Waals surface area contributed by atoms with Gasteiger partial charge in [-0.3, -0.25) is 4.98 Å². The largest absolute Gasteiger partial charge is 0.308 e. The molecule has 3 rings (SSSR count). The molecule has 1 N–H and O–H groups in total. The Morgan fingerprint density at radius 1 is 1.25 bits per heavy atom. The van der Waals surface area contributed by atoms with Crippen LogP contribution in [0.5, 0.6) is 0 Å². The van der Waals surface area contributed by atoms with Crippen molar-refractivity contribution >= 4 is 6.21 Å². The minimum Gasteiger partial charge on any atom is -0.308 e. The monoisotopic (exact) mass is 323 g/mol. The summed E-state index contributed by atoms with van der Waals surface area (Å²) in [7, 11) is 0. The van der Waals surface area contributed by atoms with Gasteiger partial charge in [-0.1, -0.05) is 13.3 Å². The molecule has 0 fully saturated rings. The fourth-order valence-corrected chi connectivity index (χ4v) is 2.68. The van der Waals surface area contributed by atoms with E-state index in [1.165, 1.54) is 12.4 Å². The summed E-state index contributed by atoms with van der Waals surface area (Å²) in [5.74, 6) is 0.290. The molecule has 0 aliphatic heterocycles. The van der Waals surface area contributed by atoms with Crippen LogP contribution in [0.4, 0.5) is 4.39 Å². The summed E-state index contributed by atoms with van der Waals surface area (Å²) < 4.78 is 15.2. The number of nitrogens with one attached hydrogen (secondary N) is 1. The minimum absolute atomic E-state index is 0.313. The van der Waals surface area contributed by atoms with Gasteiger partial charge in [0.15, 0.2) is 5.82 Å². The zero-order valence-electron chi connectivity index (χ0n) is 13.4. The fraction of sp³-hybridized carbons (Fsp3) is 0.222. The molecule has 0 aromatic carbocycles. The van der Waals surface area contributed by atoms with Crippen LogP contribution in [0.2, 0.25) is 0 Å². The second-order valence-corrected chi connectivity index (χ2v) is 5.48. The lowest BCUT2D eigenvalue weighted by Crippen LogP contribution is -2.09. The molecule has 0 amide bonds. The second kappa shape index (κ2) is 7.12. The summed E-state index contributed by atoms with van der Waals surface area (Å²) in [6.07, 6.45) is 8.11. The van der Waals surface area contributed by atoms with E-state index >= 15 is 0 Å². The fourth-order valence-electron chi connectivity index (χ4n) is 2.68. The first-order valence-corrected chi connectivity index (χ1v) is 7.85. The summed E-state index contributed by atoms with van der Waals surface area (Å²) in [5, 5.41) is 11.9. The van der Waals surface area contributed by atoms with Crippen LogP contribution < -0.4 is 0 Å². The topological polar surface area (TPSA) is 67.5 Å². The highest BCUT2D eigenvalue weighted by Gasteiger charge is 2.13. The molecule has 0 saturated heterocycles. The molecule has 122 valence electrons. The SMILES string of the molecule is CCCc1cc(F)cnc1Cc1ccnn1-c1ncccc1C=N. The number of pyridine rings is 2. The minimum atomic E-state index is -0.313. The molecule has 3 heterocycles. The lowest BCUT2D eigenvalue weighted by atomic mass is 10.0. The lowest BCUT2D eigenvalue weighted by Gasteiger charge is -2.11. The van der Waals surface area contributed by atoms with E-state index in [9.17, 15) is 4.39 Å². The molecule has 3 aromatic rings. The van der Waals surface area contributed by atoms with Gasteiger partial charge in [-0.2, -0.15) is 5.10 Å². The number of rotatable bonds is 6. The Balaban J connectivity index is 1.99. The third kappa shape index (κ3) is 3.22. The Hall–Kier alpha value is -2.89. The van der Waals surface area contributed by atoms with Crippen LogP contribution >= 0.6 is 0 Å². The van der Waals surface area contributed by atoms with Gasteiger partial charge in [0.25, 0.3) is 0 Å². The third-order valence-corrected chi connectivity index (χ3v) is 3.79. The van der Waals surface area contributed by atoms with Crippen molar-refractivity contribution in [2.75, 3.05) is 0 Å². The summed E-state index contributed by atoms with van der Waals surface area (Å²) >= 11 is 0. The zero-order valence-corrected chi connectivity index (χ0v) is 13.4. The van der Waals surface area contributed by atoms with Gasteiger partial charge in [0.05, 0.1) is 11.9 Å². The first kappa shape index (κ1) is 16.0. The molecule has 0 radical (unpaired) electrons. The van der Waals surface area contributed by atoms with E-state index in [2.05, 4.69) is 22.0 Å². The molecular formula is C18H18FN5. The highest BCUT2D eigenvalue weighted by Crippen LogP contribution is 2.18. The highest BCUT2D eigenvalue weighted by atomic mass is 19.1. The average Bonchev–Trinajstić information content (AvgIpc) is 3.05. The Kier molecular flexibility index (Phi) is 4.74. The van der Waals surface area contributed by atoms with E-state index < -0.39 is 0 Å². The second-order valence-electron chi connectivity index (χ2n) is 5.48. The van der Waals surface area contributed by atoms with Gasteiger partial charge >= 0.3 is 0 Å². The number of aryl methyl sites for hydroxylation is 1. The van der Waals surface area contributed by atoms with Crippen molar-refractivity contribution in [1.82, 2.24) is 19.7 Å². The molecule has 0 aliphatic carbocycles. The first-order valence-electron chi connectivity index (χ1n) is 7.85. The Morgan fingerprint density at radius 3 is 2.92 bits per heavy atom. The van der Waals surface area contributed by atoms with Crippen LogP contribution in [0.25, 0.3) is 5.82 Å². The van der Waals surface area contributed by atoms with Crippen molar-refractivity contribution in [2.24, 2.45) is 0 Å². The Morgan fingerprint density at radius 2 is 2.12 bits per heavy atom. The van der Waals surface area contributed by atoms with Crippen molar-refractivity contribution in [3.05, 3.63) is 71.2 Å². The van der Waals surface area contributed by atoms with Crippen LogP contribution in [0.15, 0.2) is 42.9 Å². The van der Waals surface area contributed by atoms with Crippen LogP contribution in [0.3, 0.4) is 0 Å². The van der Waals surface area contributed by atoms with E-state index in [0.717, 1.165) is 29.8 Å². The maximum atomic E-state index is 13.5. The molecule has 0 bridgehead atoms. The smallest absolute Gasteiger partial charge is 0.162 e. The van der Waals surface area contributed by atoms with Gasteiger partial charge in [-0.15, -0.1) is 0 Å². The Bertz CT molecular complexity index is 856. The van der Waals surface area contributed by atoms with Crippen LogP contribution in [-0.2, 0) is 12.8 Å². The maximum Gasteiger partial charge on any atom is 0.162 e. The summed E-state index contributed by atoms with van der Waals surface area (Å²) in [6.45, 7) is 2.06. The predicted octanol–water partition coefficient (Wildman–Crippen LogP) is 3.34. The van der Waals surface area contributed by atoms with Gasteiger partial charge in [-0.05, 0) is 36.2 Å². The van der Waals surface area contributed by atoms with Crippen molar-refractivity contribution < 1.29 is 4.39 Å². The van der Waals surface area contributed by atoms with Gasteiger partial charge in [-0.25, -0.2) is 14.1 Å². The van der Waals surface area contributed by atoms with Crippen molar-refractivity contribution in [2.45, 2.75) is 26.2 Å². The summed E-state index contributed by atoms with van der Waals surface area (Å²) in [4.78, 5) is 8.60. The van der Waals surface area contributed by atoms with Gasteiger partial charge in [0.2, 0.25) is 0 Å². The predicted molar refractivity (Wildman–Crippen MR) is 90.2 cm³/mol. The standard InChI is InChI=1S/C18H18FN5/c1-2-4-13-9-15(19)12-22-17(13)10-16-6-8-23-24(16)18-14(11-20)5-3-7-21-18/h3,5-9,11-12,20H,2,4,10H2,1H3. The zero-order chi connectivity index (χ0) is 16.9. The Labute approximate surface area is 139 Å². The van der Waals surface area contributed by atoms with Crippen molar-refractivity contribution in [1.29, 1.82) is 5.41 Å². The number of hydrogen-bond acceptors (Lipinski definition) is 4. The number of halogens is 1. The van der Waals surface area contributed by atoms with Crippen LogP contribution in [0.1, 0.15) is 35.9 Å². The molecule has 24 heavy (non-hydrogen) atoms. The van der Waals surface area contributed by atoms with Gasteiger partial charge in [0, 0.05) is 36.3 Å². The number of aromatic nitrogens is 4. The maximum absolute atomic E-state index is 13.5. The van der Waals surface area contributed by atoms with Gasteiger partial charge < -0.3 is 5.41 Å². The molecule has 0 aliphatic rings. The lowest BCUT2D eigenvalue weighted by molar-refractivity contribution is 0.614. The van der Waals surface area contributed by atoms with E-state index in [1.807, 2.05) is 12.1 Å². The molecular weight excluding hydrogens is 305 g/mol. The van der Waals surface area contributed by atoms with Crippen LogP contribution in [-0.4, -0.2) is 26.0 Å². The van der Waals surface area contributed by atoms with Gasteiger partial charge in [0.1, 0.15) is 5.82 Å². The molecule has 0 saturated carbocycles. The summed E-state index contributed by atoms with van der Waals surface area (Å²) in [6, 6.07) is 7.05. The average molecular weight is 323 g/mol. The summed E-state index contributed by atoms with van der Waals surface area (Å²) in [5.41, 5.74) is 3.34. The molecule has 3 aromatic heterocycles. The highest BCUT2D eigenvalue weighted by molar-refractivity contribution is 5.81. The van der Waals surface area contributed by atoms with Crippen molar-refractivity contribution in [3.8, 4) is 5.82 Å². The van der Waals surface area contributed by atoms with Crippen LogP contribution in [0, 0.1) is 11.2 Å². The molecule has 0 spiro atoms. The quantitative estimate of drug-likeness (QED) is 0.707. The van der Waals surface area contributed by atoms with E-state index in [1.54, 1.807) is 29.2 Å². The molecule has 5 nitrogen and oxygen atoms in total. The normalized spacial score (nSPS) is 10.8. The van der Waals surface area contributed by atoms with E-state index in [4.69, 9.17) is 5.41 Å². The van der Waals surface area contributed by atoms with Crippen molar-refractivity contribution in [3.63, 3.8) is 0 Å². The number of nitrogens with zero attached hydrogens (tertiary/aromatic N) is 4.